The Bertz CT molecular complexity index is 922. The Morgan fingerprint density at radius 1 is 1.11 bits per heavy atom. The lowest BCUT2D eigenvalue weighted by atomic mass is 10.2. The number of aromatic nitrogens is 2. The fraction of sp³-hybridized carbons (Fsp3) is 0.250. The van der Waals surface area contributed by atoms with Crippen LogP contribution in [0.4, 0.5) is 0 Å². The number of amides is 1. The number of rotatable bonds is 4. The number of piperazine rings is 1. The maximum Gasteiger partial charge on any atom is 0.273 e. The summed E-state index contributed by atoms with van der Waals surface area (Å²) in [5.41, 5.74) is 2.50. The lowest BCUT2D eigenvalue weighted by molar-refractivity contribution is 0.0622. The largest absolute Gasteiger partial charge is 0.335 e. The number of halogens is 1. The summed E-state index contributed by atoms with van der Waals surface area (Å²) in [5.74, 6) is -0.00276. The van der Waals surface area contributed by atoms with Gasteiger partial charge in [0.15, 0.2) is 0 Å². The van der Waals surface area contributed by atoms with Crippen molar-refractivity contribution in [3.63, 3.8) is 0 Å². The van der Waals surface area contributed by atoms with Crippen LogP contribution in [0, 0.1) is 0 Å². The van der Waals surface area contributed by atoms with Crippen molar-refractivity contribution in [1.82, 2.24) is 19.8 Å². The molecule has 4 rings (SSSR count). The van der Waals surface area contributed by atoms with Crippen LogP contribution in [0.15, 0.2) is 54.0 Å². The highest BCUT2D eigenvalue weighted by Crippen LogP contribution is 2.26. The van der Waals surface area contributed by atoms with Crippen LogP contribution < -0.4 is 0 Å². The smallest absolute Gasteiger partial charge is 0.273 e. The molecular weight excluding hydrogens is 380 g/mol. The lowest BCUT2D eigenvalue weighted by Gasteiger charge is -2.34. The average Bonchev–Trinajstić information content (AvgIpc) is 3.19. The van der Waals surface area contributed by atoms with Gasteiger partial charge in [-0.2, -0.15) is 0 Å². The molecule has 0 unspecified atom stereocenters. The summed E-state index contributed by atoms with van der Waals surface area (Å²) in [4.78, 5) is 25.9. The van der Waals surface area contributed by atoms with Gasteiger partial charge in [-0.05, 0) is 24.3 Å². The van der Waals surface area contributed by atoms with Crippen molar-refractivity contribution in [1.29, 1.82) is 0 Å². The van der Waals surface area contributed by atoms with E-state index >= 15 is 0 Å². The Balaban J connectivity index is 1.37. The van der Waals surface area contributed by atoms with Gasteiger partial charge in [0.1, 0.15) is 10.7 Å². The molecule has 138 valence electrons. The number of benzene rings is 1. The Morgan fingerprint density at radius 3 is 2.70 bits per heavy atom. The molecule has 1 fully saturated rings. The van der Waals surface area contributed by atoms with Crippen LogP contribution in [-0.4, -0.2) is 51.9 Å². The molecule has 3 heterocycles. The zero-order valence-electron chi connectivity index (χ0n) is 14.7. The van der Waals surface area contributed by atoms with Gasteiger partial charge in [0.25, 0.3) is 5.91 Å². The van der Waals surface area contributed by atoms with Crippen LogP contribution in [-0.2, 0) is 6.54 Å². The van der Waals surface area contributed by atoms with Crippen molar-refractivity contribution >= 4 is 28.8 Å². The van der Waals surface area contributed by atoms with Crippen molar-refractivity contribution in [3.05, 3.63) is 70.5 Å². The molecule has 0 N–H and O–H groups in total. The van der Waals surface area contributed by atoms with Crippen LogP contribution in [0.25, 0.3) is 10.6 Å². The Hall–Kier alpha value is -2.28. The number of hydrogen-bond donors (Lipinski definition) is 0. The minimum Gasteiger partial charge on any atom is -0.335 e. The maximum absolute atomic E-state index is 12.8. The molecule has 1 saturated heterocycles. The van der Waals surface area contributed by atoms with Crippen molar-refractivity contribution in [2.24, 2.45) is 0 Å². The normalized spacial score (nSPS) is 15.1. The molecule has 0 aliphatic carbocycles. The molecule has 3 aromatic rings. The zero-order chi connectivity index (χ0) is 18.6. The summed E-state index contributed by atoms with van der Waals surface area (Å²) < 4.78 is 0. The third-order valence-corrected chi connectivity index (χ3v) is 5.69. The van der Waals surface area contributed by atoms with Gasteiger partial charge in [0.05, 0.1) is 5.69 Å². The van der Waals surface area contributed by atoms with E-state index in [4.69, 9.17) is 11.6 Å². The summed E-state index contributed by atoms with van der Waals surface area (Å²) in [6, 6.07) is 13.5. The van der Waals surface area contributed by atoms with Crippen LogP contribution >= 0.6 is 22.9 Å². The Kier molecular flexibility index (Phi) is 5.48. The van der Waals surface area contributed by atoms with Crippen molar-refractivity contribution < 1.29 is 4.79 Å². The van der Waals surface area contributed by atoms with Gasteiger partial charge in [-0.25, -0.2) is 4.98 Å². The molecule has 5 nitrogen and oxygen atoms in total. The van der Waals surface area contributed by atoms with Gasteiger partial charge in [0.2, 0.25) is 0 Å². The first-order chi connectivity index (χ1) is 13.2. The molecule has 7 heteroatoms. The van der Waals surface area contributed by atoms with E-state index in [0.29, 0.717) is 23.8 Å². The third kappa shape index (κ3) is 4.35. The molecule has 2 aromatic heterocycles. The standard InChI is InChI=1S/C20H19ClN4OS/c21-16-5-3-4-15(12-16)19-23-18(14-27-19)20(26)25-10-8-24(9-11-25)13-17-6-1-2-7-22-17/h1-7,12,14H,8-11,13H2. The van der Waals surface area contributed by atoms with Gasteiger partial charge < -0.3 is 4.90 Å². The first kappa shape index (κ1) is 18.1. The number of thiazole rings is 1. The van der Waals surface area contributed by atoms with Crippen LogP contribution in [0.2, 0.25) is 5.02 Å². The zero-order valence-corrected chi connectivity index (χ0v) is 16.3. The van der Waals surface area contributed by atoms with Crippen LogP contribution in [0.5, 0.6) is 0 Å². The number of carbonyl (C=O) groups excluding carboxylic acids is 1. The summed E-state index contributed by atoms with van der Waals surface area (Å²) in [6.45, 7) is 3.91. The highest BCUT2D eigenvalue weighted by molar-refractivity contribution is 7.13. The molecule has 1 aliphatic rings. The topological polar surface area (TPSA) is 49.3 Å². The Morgan fingerprint density at radius 2 is 1.96 bits per heavy atom. The predicted octanol–water partition coefficient (Wildman–Crippen LogP) is 3.82. The van der Waals surface area contributed by atoms with Crippen molar-refractivity contribution in [2.45, 2.75) is 6.54 Å². The fourth-order valence-corrected chi connectivity index (χ4v) is 4.10. The number of carbonyl (C=O) groups is 1. The average molecular weight is 399 g/mol. The third-order valence-electron chi connectivity index (χ3n) is 4.57. The van der Waals surface area contributed by atoms with Gasteiger partial charge in [-0.3, -0.25) is 14.7 Å². The molecule has 0 bridgehead atoms. The van der Waals surface area contributed by atoms with E-state index in [-0.39, 0.29) is 5.91 Å². The number of pyridine rings is 1. The van der Waals surface area contributed by atoms with E-state index in [9.17, 15) is 4.79 Å². The summed E-state index contributed by atoms with van der Waals surface area (Å²) in [6.07, 6.45) is 1.81. The van der Waals surface area contributed by atoms with E-state index in [1.165, 1.54) is 11.3 Å². The second kappa shape index (κ2) is 8.17. The van der Waals surface area contributed by atoms with E-state index in [1.807, 2.05) is 58.9 Å². The fourth-order valence-electron chi connectivity index (χ4n) is 3.12. The molecule has 0 atom stereocenters. The minimum absolute atomic E-state index is 0.00276. The van der Waals surface area contributed by atoms with Crippen LogP contribution in [0.1, 0.15) is 16.2 Å². The number of nitrogens with zero attached hydrogens (tertiary/aromatic N) is 4. The quantitative estimate of drug-likeness (QED) is 0.670. The Labute approximate surface area is 167 Å². The minimum atomic E-state index is -0.00276. The molecule has 1 aliphatic heterocycles. The van der Waals surface area contributed by atoms with Crippen LogP contribution in [0.3, 0.4) is 0 Å². The highest BCUT2D eigenvalue weighted by Gasteiger charge is 2.24. The van der Waals surface area contributed by atoms with E-state index in [2.05, 4.69) is 14.9 Å². The van der Waals surface area contributed by atoms with E-state index < -0.39 is 0 Å². The SMILES string of the molecule is O=C(c1csc(-c2cccc(Cl)c2)n1)N1CCN(Cc2ccccn2)CC1. The monoisotopic (exact) mass is 398 g/mol. The van der Waals surface area contributed by atoms with Gasteiger partial charge >= 0.3 is 0 Å². The molecule has 0 saturated carbocycles. The van der Waals surface area contributed by atoms with E-state index in [0.717, 1.165) is 35.9 Å². The van der Waals surface area contributed by atoms with Gasteiger partial charge in [-0.1, -0.05) is 29.8 Å². The molecule has 27 heavy (non-hydrogen) atoms. The van der Waals surface area contributed by atoms with E-state index in [1.54, 1.807) is 0 Å². The summed E-state index contributed by atoms with van der Waals surface area (Å²) in [5, 5.41) is 3.31. The van der Waals surface area contributed by atoms with Gasteiger partial charge in [0, 0.05) is 54.9 Å². The first-order valence-corrected chi connectivity index (χ1v) is 10.1. The highest BCUT2D eigenvalue weighted by atomic mass is 35.5. The number of hydrogen-bond acceptors (Lipinski definition) is 5. The van der Waals surface area contributed by atoms with Gasteiger partial charge in [-0.15, -0.1) is 11.3 Å². The molecule has 1 amide bonds. The van der Waals surface area contributed by atoms with Crippen molar-refractivity contribution in [3.8, 4) is 10.6 Å². The first-order valence-electron chi connectivity index (χ1n) is 8.82. The summed E-state index contributed by atoms with van der Waals surface area (Å²) >= 11 is 7.52. The maximum atomic E-state index is 12.8. The molecule has 0 spiro atoms. The molecule has 1 aromatic carbocycles. The second-order valence-electron chi connectivity index (χ2n) is 6.44. The molecule has 0 radical (unpaired) electrons. The predicted molar refractivity (Wildman–Crippen MR) is 108 cm³/mol. The summed E-state index contributed by atoms with van der Waals surface area (Å²) in [7, 11) is 0. The van der Waals surface area contributed by atoms with Crippen molar-refractivity contribution in [2.75, 3.05) is 26.2 Å². The lowest BCUT2D eigenvalue weighted by Crippen LogP contribution is -2.48. The second-order valence-corrected chi connectivity index (χ2v) is 7.73. The molecular formula is C20H19ClN4OS.